The number of furan rings is 1. The maximum absolute atomic E-state index is 11.0. The first-order chi connectivity index (χ1) is 8.58. The number of hydrogen-bond donors (Lipinski definition) is 3. The van der Waals surface area contributed by atoms with Crippen molar-refractivity contribution in [2.24, 2.45) is 0 Å². The first kappa shape index (κ1) is 13.7. The molecule has 3 N–H and O–H groups in total. The van der Waals surface area contributed by atoms with Crippen LogP contribution in [0.5, 0.6) is 0 Å². The van der Waals surface area contributed by atoms with Gasteiger partial charge in [0.2, 0.25) is 0 Å². The predicted octanol–water partition coefficient (Wildman–Crippen LogP) is -1.42. The number of carbonyl (C=O) groups is 2. The zero-order valence-corrected chi connectivity index (χ0v) is 9.95. The lowest BCUT2D eigenvalue weighted by Gasteiger charge is -2.09. The SMILES string of the molecule is O=C([O-])C=CC(=O)NNC(=S)NCc1ccco1. The number of thiocarbonyl (C=S) groups is 1. The molecule has 1 amide bonds. The van der Waals surface area contributed by atoms with Gasteiger partial charge in [0.25, 0.3) is 5.91 Å². The minimum Gasteiger partial charge on any atom is -0.545 e. The Balaban J connectivity index is 2.20. The summed E-state index contributed by atoms with van der Waals surface area (Å²) in [5, 5.41) is 13.0. The van der Waals surface area contributed by atoms with Gasteiger partial charge < -0.3 is 19.6 Å². The van der Waals surface area contributed by atoms with Crippen LogP contribution in [0.2, 0.25) is 0 Å². The van der Waals surface area contributed by atoms with E-state index in [1.165, 1.54) is 6.26 Å². The van der Waals surface area contributed by atoms with Crippen LogP contribution in [0.15, 0.2) is 35.0 Å². The third-order valence-electron chi connectivity index (χ3n) is 1.67. The first-order valence-electron chi connectivity index (χ1n) is 4.83. The van der Waals surface area contributed by atoms with Crippen molar-refractivity contribution in [1.29, 1.82) is 0 Å². The fourth-order valence-electron chi connectivity index (χ4n) is 0.929. The predicted molar refractivity (Wildman–Crippen MR) is 63.6 cm³/mol. The maximum atomic E-state index is 11.0. The molecule has 0 bridgehead atoms. The number of hydrazine groups is 1. The fourth-order valence-corrected chi connectivity index (χ4v) is 1.05. The van der Waals surface area contributed by atoms with Gasteiger partial charge in [-0.2, -0.15) is 0 Å². The number of hydrogen-bond acceptors (Lipinski definition) is 5. The molecule has 0 aliphatic rings. The van der Waals surface area contributed by atoms with E-state index in [0.29, 0.717) is 18.4 Å². The highest BCUT2D eigenvalue weighted by molar-refractivity contribution is 7.80. The zero-order valence-electron chi connectivity index (χ0n) is 9.14. The third kappa shape index (κ3) is 5.66. The minimum absolute atomic E-state index is 0.168. The summed E-state index contributed by atoms with van der Waals surface area (Å²) in [7, 11) is 0. The zero-order chi connectivity index (χ0) is 13.4. The van der Waals surface area contributed by atoms with E-state index in [2.05, 4.69) is 16.2 Å². The summed E-state index contributed by atoms with van der Waals surface area (Å²) >= 11 is 4.85. The number of amides is 1. The van der Waals surface area contributed by atoms with Gasteiger partial charge in [-0.3, -0.25) is 15.6 Å². The van der Waals surface area contributed by atoms with E-state index in [1.807, 2.05) is 0 Å². The monoisotopic (exact) mass is 268 g/mol. The Morgan fingerprint density at radius 2 is 2.17 bits per heavy atom. The van der Waals surface area contributed by atoms with Crippen LogP contribution in [-0.4, -0.2) is 17.0 Å². The van der Waals surface area contributed by atoms with Crippen LogP contribution >= 0.6 is 12.2 Å². The first-order valence-corrected chi connectivity index (χ1v) is 5.24. The minimum atomic E-state index is -1.45. The summed E-state index contributed by atoms with van der Waals surface area (Å²) in [5.41, 5.74) is 4.55. The van der Waals surface area contributed by atoms with Gasteiger partial charge in [-0.25, -0.2) is 0 Å². The van der Waals surface area contributed by atoms with Crippen molar-refractivity contribution < 1.29 is 19.1 Å². The molecule has 8 heteroatoms. The molecule has 0 saturated heterocycles. The van der Waals surface area contributed by atoms with Crippen LogP contribution in [-0.2, 0) is 16.1 Å². The molecule has 0 unspecified atom stereocenters. The molecular weight excluding hydrogens is 258 g/mol. The molecule has 0 aliphatic carbocycles. The Labute approximate surface area is 108 Å². The number of carboxylic acids is 1. The highest BCUT2D eigenvalue weighted by atomic mass is 32.1. The second-order valence-electron chi connectivity index (χ2n) is 3.03. The summed E-state index contributed by atoms with van der Waals surface area (Å²) in [6.07, 6.45) is 2.94. The lowest BCUT2D eigenvalue weighted by Crippen LogP contribution is -2.46. The Hall–Kier alpha value is -2.35. The lowest BCUT2D eigenvalue weighted by molar-refractivity contribution is -0.297. The molecule has 1 rings (SSSR count). The van der Waals surface area contributed by atoms with Crippen molar-refractivity contribution in [3.63, 3.8) is 0 Å². The van der Waals surface area contributed by atoms with E-state index >= 15 is 0 Å². The van der Waals surface area contributed by atoms with Crippen molar-refractivity contribution in [2.45, 2.75) is 6.54 Å². The number of carboxylic acid groups (broad SMARTS) is 1. The van der Waals surface area contributed by atoms with Gasteiger partial charge in [-0.15, -0.1) is 0 Å². The summed E-state index contributed by atoms with van der Waals surface area (Å²) in [5.74, 6) is -1.44. The molecule has 1 heterocycles. The van der Waals surface area contributed by atoms with Crippen molar-refractivity contribution in [1.82, 2.24) is 16.2 Å². The van der Waals surface area contributed by atoms with Crippen LogP contribution < -0.4 is 21.3 Å². The third-order valence-corrected chi connectivity index (χ3v) is 1.92. The number of aliphatic carboxylic acids is 1. The molecule has 7 nitrogen and oxygen atoms in total. The quantitative estimate of drug-likeness (QED) is 0.349. The van der Waals surface area contributed by atoms with Crippen LogP contribution in [0.1, 0.15) is 5.76 Å². The topological polar surface area (TPSA) is 106 Å². The number of carbonyl (C=O) groups excluding carboxylic acids is 2. The van der Waals surface area contributed by atoms with E-state index in [1.54, 1.807) is 12.1 Å². The van der Waals surface area contributed by atoms with E-state index in [9.17, 15) is 14.7 Å². The Morgan fingerprint density at radius 1 is 1.39 bits per heavy atom. The average Bonchev–Trinajstić information content (AvgIpc) is 2.84. The normalized spacial score (nSPS) is 10.0. The summed E-state index contributed by atoms with van der Waals surface area (Å²) < 4.78 is 5.05. The molecule has 96 valence electrons. The van der Waals surface area contributed by atoms with E-state index < -0.39 is 11.9 Å². The fraction of sp³-hybridized carbons (Fsp3) is 0.100. The highest BCUT2D eigenvalue weighted by Crippen LogP contribution is 1.97. The molecule has 0 aliphatic heterocycles. The van der Waals surface area contributed by atoms with Crippen molar-refractivity contribution in [3.8, 4) is 0 Å². The Bertz CT molecular complexity index is 456. The van der Waals surface area contributed by atoms with Crippen molar-refractivity contribution >= 4 is 29.2 Å². The van der Waals surface area contributed by atoms with E-state index in [-0.39, 0.29) is 5.11 Å². The molecule has 0 aromatic carbocycles. The molecule has 1 aromatic heterocycles. The van der Waals surface area contributed by atoms with Crippen LogP contribution in [0.25, 0.3) is 0 Å². The van der Waals surface area contributed by atoms with E-state index in [0.717, 1.165) is 6.08 Å². The second kappa shape index (κ2) is 7.07. The van der Waals surface area contributed by atoms with Crippen molar-refractivity contribution in [3.05, 3.63) is 36.3 Å². The Morgan fingerprint density at radius 3 is 2.78 bits per heavy atom. The van der Waals surface area contributed by atoms with Gasteiger partial charge in [0.05, 0.1) is 18.8 Å². The molecule has 0 radical (unpaired) electrons. The summed E-state index contributed by atoms with van der Waals surface area (Å²) in [6.45, 7) is 0.365. The van der Waals surface area contributed by atoms with Gasteiger partial charge in [0.15, 0.2) is 5.11 Å². The molecule has 0 fully saturated rings. The second-order valence-corrected chi connectivity index (χ2v) is 3.44. The van der Waals surface area contributed by atoms with Gasteiger partial charge in [-0.05, 0) is 30.4 Å². The highest BCUT2D eigenvalue weighted by Gasteiger charge is 1.99. The maximum Gasteiger partial charge on any atom is 0.262 e. The van der Waals surface area contributed by atoms with Gasteiger partial charge in [-0.1, -0.05) is 0 Å². The molecule has 18 heavy (non-hydrogen) atoms. The van der Waals surface area contributed by atoms with E-state index in [4.69, 9.17) is 16.6 Å². The van der Waals surface area contributed by atoms with Crippen molar-refractivity contribution in [2.75, 3.05) is 0 Å². The standard InChI is InChI=1S/C10H11N3O4S/c14-8(3-4-9(15)16)12-13-10(18)11-6-7-2-1-5-17-7/h1-5H,6H2,(H,12,14)(H,15,16)(H2,11,13,18)/p-1. The smallest absolute Gasteiger partial charge is 0.262 e. The van der Waals surface area contributed by atoms with Crippen LogP contribution in [0.4, 0.5) is 0 Å². The van der Waals surface area contributed by atoms with Crippen LogP contribution in [0.3, 0.4) is 0 Å². The summed E-state index contributed by atoms with van der Waals surface area (Å²) in [6, 6.07) is 3.50. The largest absolute Gasteiger partial charge is 0.545 e. The number of rotatable bonds is 4. The number of nitrogens with one attached hydrogen (secondary N) is 3. The molecule has 0 spiro atoms. The summed E-state index contributed by atoms with van der Waals surface area (Å²) in [4.78, 5) is 21.1. The Kier molecular flexibility index (Phi) is 5.39. The molecular formula is C10H10N3O4S-. The van der Waals surface area contributed by atoms with Gasteiger partial charge in [0, 0.05) is 6.08 Å². The molecule has 1 aromatic rings. The van der Waals surface area contributed by atoms with Gasteiger partial charge in [0.1, 0.15) is 5.76 Å². The lowest BCUT2D eigenvalue weighted by atomic mass is 10.4. The molecule has 0 saturated carbocycles. The molecule has 0 atom stereocenters. The van der Waals surface area contributed by atoms with Crippen LogP contribution in [0, 0.1) is 0 Å². The average molecular weight is 268 g/mol. The van der Waals surface area contributed by atoms with Gasteiger partial charge >= 0.3 is 0 Å².